The van der Waals surface area contributed by atoms with Crippen LogP contribution >= 0.6 is 0 Å². The summed E-state index contributed by atoms with van der Waals surface area (Å²) in [4.78, 5) is 10.1. The van der Waals surface area contributed by atoms with Gasteiger partial charge in [-0.1, -0.05) is 6.08 Å². The molecule has 66 valence electrons. The van der Waals surface area contributed by atoms with Gasteiger partial charge in [0.15, 0.2) is 0 Å². The average molecular weight is 168 g/mol. The zero-order valence-electron chi connectivity index (χ0n) is 6.82. The second-order valence-electron chi connectivity index (χ2n) is 2.58. The van der Waals surface area contributed by atoms with Gasteiger partial charge in [-0.25, -0.2) is 0 Å². The van der Waals surface area contributed by atoms with Gasteiger partial charge in [-0.15, -0.1) is 0 Å². The Balaban J connectivity index is 2.18. The van der Waals surface area contributed by atoms with Crippen molar-refractivity contribution in [3.63, 3.8) is 0 Å². The molecule has 0 amide bonds. The van der Waals surface area contributed by atoms with Crippen LogP contribution in [0.3, 0.4) is 0 Å². The first kappa shape index (κ1) is 8.84. The van der Waals surface area contributed by atoms with Crippen molar-refractivity contribution in [1.82, 2.24) is 0 Å². The third-order valence-corrected chi connectivity index (χ3v) is 1.55. The molecule has 0 aromatic heterocycles. The maximum atomic E-state index is 10.1. The molecule has 0 radical (unpaired) electrons. The molecule has 0 spiro atoms. The Hall–Kier alpha value is -1.25. The van der Waals surface area contributed by atoms with E-state index in [1.807, 2.05) is 18.2 Å². The van der Waals surface area contributed by atoms with Gasteiger partial charge in [-0.2, -0.15) is 0 Å². The Morgan fingerprint density at radius 3 is 3.00 bits per heavy atom. The second-order valence-corrected chi connectivity index (χ2v) is 2.58. The van der Waals surface area contributed by atoms with Crippen LogP contribution in [0.2, 0.25) is 0 Å². The average Bonchev–Trinajstić information content (AvgIpc) is 2.05. The summed E-state index contributed by atoms with van der Waals surface area (Å²) in [5, 5.41) is 8.33. The molecule has 0 atom stereocenters. The SMILES string of the molecule is O=C(O)CCOC1=CCCC=C1. The molecule has 0 aromatic carbocycles. The molecule has 0 saturated heterocycles. The molecule has 12 heavy (non-hydrogen) atoms. The standard InChI is InChI=1S/C9H12O3/c10-9(11)6-7-12-8-4-2-1-3-5-8/h2,4-5H,1,3,6-7H2,(H,10,11). The summed E-state index contributed by atoms with van der Waals surface area (Å²) in [6, 6.07) is 0. The first-order valence-electron chi connectivity index (χ1n) is 4.00. The van der Waals surface area contributed by atoms with Crippen molar-refractivity contribution in [2.45, 2.75) is 19.3 Å². The van der Waals surface area contributed by atoms with E-state index in [1.54, 1.807) is 0 Å². The second kappa shape index (κ2) is 4.59. The minimum absolute atomic E-state index is 0.0607. The van der Waals surface area contributed by atoms with Gasteiger partial charge < -0.3 is 9.84 Å². The number of carboxylic acid groups (broad SMARTS) is 1. The molecule has 0 unspecified atom stereocenters. The van der Waals surface area contributed by atoms with Crippen LogP contribution in [0.1, 0.15) is 19.3 Å². The molecule has 0 saturated carbocycles. The molecule has 0 aliphatic heterocycles. The topological polar surface area (TPSA) is 46.5 Å². The van der Waals surface area contributed by atoms with Crippen molar-refractivity contribution in [2.24, 2.45) is 0 Å². The molecule has 0 fully saturated rings. The van der Waals surface area contributed by atoms with E-state index in [1.165, 1.54) is 0 Å². The van der Waals surface area contributed by atoms with Crippen LogP contribution < -0.4 is 0 Å². The van der Waals surface area contributed by atoms with Crippen LogP contribution in [0.4, 0.5) is 0 Å². The Labute approximate surface area is 71.3 Å². The Morgan fingerprint density at radius 2 is 2.42 bits per heavy atom. The lowest BCUT2D eigenvalue weighted by molar-refractivity contribution is -0.137. The van der Waals surface area contributed by atoms with Crippen LogP contribution in [0.5, 0.6) is 0 Å². The lowest BCUT2D eigenvalue weighted by Gasteiger charge is -2.07. The number of hydrogen-bond donors (Lipinski definition) is 1. The number of aliphatic carboxylic acids is 1. The highest BCUT2D eigenvalue weighted by atomic mass is 16.5. The highest BCUT2D eigenvalue weighted by Crippen LogP contribution is 2.10. The van der Waals surface area contributed by atoms with E-state index < -0.39 is 5.97 Å². The highest BCUT2D eigenvalue weighted by molar-refractivity contribution is 5.66. The van der Waals surface area contributed by atoms with Crippen molar-refractivity contribution >= 4 is 5.97 Å². The summed E-state index contributed by atoms with van der Waals surface area (Å²) >= 11 is 0. The third-order valence-electron chi connectivity index (χ3n) is 1.55. The van der Waals surface area contributed by atoms with Crippen molar-refractivity contribution < 1.29 is 14.6 Å². The Kier molecular flexibility index (Phi) is 3.38. The van der Waals surface area contributed by atoms with Gasteiger partial charge in [0.05, 0.1) is 13.0 Å². The maximum Gasteiger partial charge on any atom is 0.306 e. The molecule has 3 nitrogen and oxygen atoms in total. The lowest BCUT2D eigenvalue weighted by atomic mass is 10.2. The first-order chi connectivity index (χ1) is 5.79. The molecule has 3 heteroatoms. The van der Waals surface area contributed by atoms with E-state index in [4.69, 9.17) is 9.84 Å². The predicted octanol–water partition coefficient (Wildman–Crippen LogP) is 1.71. The number of hydrogen-bond acceptors (Lipinski definition) is 2. The van der Waals surface area contributed by atoms with Crippen LogP contribution in [0.25, 0.3) is 0 Å². The zero-order valence-corrected chi connectivity index (χ0v) is 6.82. The smallest absolute Gasteiger partial charge is 0.306 e. The molecule has 0 heterocycles. The van der Waals surface area contributed by atoms with E-state index in [9.17, 15) is 4.79 Å². The molecule has 1 rings (SSSR count). The van der Waals surface area contributed by atoms with Crippen molar-refractivity contribution in [3.8, 4) is 0 Å². The van der Waals surface area contributed by atoms with Crippen LogP contribution in [-0.4, -0.2) is 17.7 Å². The minimum Gasteiger partial charge on any atom is -0.493 e. The van der Waals surface area contributed by atoms with Crippen LogP contribution in [0, 0.1) is 0 Å². The summed E-state index contributed by atoms with van der Waals surface area (Å²) < 4.78 is 5.19. The Bertz CT molecular complexity index is 216. The number of allylic oxidation sites excluding steroid dienone is 3. The summed E-state index contributed by atoms with van der Waals surface area (Å²) in [5.41, 5.74) is 0. The number of rotatable bonds is 4. The fourth-order valence-corrected chi connectivity index (χ4v) is 0.953. The monoisotopic (exact) mass is 168 g/mol. The van der Waals surface area contributed by atoms with E-state index >= 15 is 0 Å². The normalized spacial score (nSPS) is 15.5. The van der Waals surface area contributed by atoms with Gasteiger partial charge in [-0.05, 0) is 25.0 Å². The number of carboxylic acids is 1. The summed E-state index contributed by atoms with van der Waals surface area (Å²) in [7, 11) is 0. The van der Waals surface area contributed by atoms with Gasteiger partial charge in [0.1, 0.15) is 5.76 Å². The van der Waals surface area contributed by atoms with Gasteiger partial charge in [0.2, 0.25) is 0 Å². The summed E-state index contributed by atoms with van der Waals surface area (Å²) in [5.74, 6) is -0.0297. The highest BCUT2D eigenvalue weighted by Gasteiger charge is 2.00. The van der Waals surface area contributed by atoms with E-state index in [0.29, 0.717) is 0 Å². The van der Waals surface area contributed by atoms with Gasteiger partial charge >= 0.3 is 5.97 Å². The van der Waals surface area contributed by atoms with Crippen molar-refractivity contribution in [1.29, 1.82) is 0 Å². The van der Waals surface area contributed by atoms with Crippen molar-refractivity contribution in [2.75, 3.05) is 6.61 Å². The molecule has 1 aliphatic rings. The van der Waals surface area contributed by atoms with E-state index in [-0.39, 0.29) is 13.0 Å². The maximum absolute atomic E-state index is 10.1. The van der Waals surface area contributed by atoms with Gasteiger partial charge in [-0.3, -0.25) is 4.79 Å². The Morgan fingerprint density at radius 1 is 1.58 bits per heavy atom. The fraction of sp³-hybridized carbons (Fsp3) is 0.444. The quantitative estimate of drug-likeness (QED) is 0.695. The molecule has 1 N–H and O–H groups in total. The predicted molar refractivity (Wildman–Crippen MR) is 44.7 cm³/mol. The van der Waals surface area contributed by atoms with Gasteiger partial charge in [0, 0.05) is 0 Å². The summed E-state index contributed by atoms with van der Waals surface area (Å²) in [6.45, 7) is 0.255. The molecule has 0 bridgehead atoms. The molecular formula is C9H12O3. The van der Waals surface area contributed by atoms with E-state index in [0.717, 1.165) is 18.6 Å². The molecular weight excluding hydrogens is 156 g/mol. The number of carbonyl (C=O) groups is 1. The van der Waals surface area contributed by atoms with Crippen molar-refractivity contribution in [3.05, 3.63) is 24.0 Å². The fourth-order valence-electron chi connectivity index (χ4n) is 0.953. The lowest BCUT2D eigenvalue weighted by Crippen LogP contribution is -2.02. The third kappa shape index (κ3) is 3.23. The summed E-state index contributed by atoms with van der Waals surface area (Å²) in [6.07, 6.45) is 7.97. The molecule has 0 aromatic rings. The number of ether oxygens (including phenoxy) is 1. The minimum atomic E-state index is -0.824. The van der Waals surface area contributed by atoms with Crippen LogP contribution in [-0.2, 0) is 9.53 Å². The van der Waals surface area contributed by atoms with Crippen LogP contribution in [0.15, 0.2) is 24.0 Å². The van der Waals surface area contributed by atoms with E-state index in [2.05, 4.69) is 0 Å². The zero-order chi connectivity index (χ0) is 8.81. The first-order valence-corrected chi connectivity index (χ1v) is 4.00. The van der Waals surface area contributed by atoms with Gasteiger partial charge in [0.25, 0.3) is 0 Å². The molecule has 1 aliphatic carbocycles. The largest absolute Gasteiger partial charge is 0.493 e.